The maximum atomic E-state index is 13.1. The highest BCUT2D eigenvalue weighted by Crippen LogP contribution is 2.43. The van der Waals surface area contributed by atoms with E-state index < -0.39 is 12.0 Å². The number of nitrogens with zero attached hydrogens (tertiary/aromatic N) is 4. The third kappa shape index (κ3) is 5.32. The molecule has 0 fully saturated rings. The largest absolute Gasteiger partial charge is 0.493 e. The first kappa shape index (κ1) is 24.7. The van der Waals surface area contributed by atoms with Crippen LogP contribution in [0.15, 0.2) is 52.1 Å². The standard InChI is InChI=1S/C25H28BrN5O4/c1-5-6-10-34-24(32)21-16(3)27-25-28-29-30-31(25)22(21)18-12-19(26)23(20(13-18)33-4)35-14-17-9-7-8-15(2)11-17/h7-9,11-13,22H,5-6,10,14H2,1-4H3,(H,27,28,30). The van der Waals surface area contributed by atoms with Gasteiger partial charge in [0.05, 0.1) is 23.8 Å². The number of rotatable bonds is 9. The van der Waals surface area contributed by atoms with E-state index in [0.717, 1.165) is 29.5 Å². The average molecular weight is 542 g/mol. The quantitative estimate of drug-likeness (QED) is 0.299. The van der Waals surface area contributed by atoms with Crippen molar-refractivity contribution in [1.82, 2.24) is 20.2 Å². The molecular formula is C25H28BrN5O4. The van der Waals surface area contributed by atoms with Crippen LogP contribution < -0.4 is 14.8 Å². The van der Waals surface area contributed by atoms with Crippen LogP contribution in [0.25, 0.3) is 0 Å². The molecular weight excluding hydrogens is 514 g/mol. The number of carbonyl (C=O) groups excluding carboxylic acids is 1. The number of hydrogen-bond acceptors (Lipinski definition) is 8. The Hall–Kier alpha value is -3.40. The van der Waals surface area contributed by atoms with Crippen molar-refractivity contribution in [3.05, 3.63) is 68.8 Å². The summed E-state index contributed by atoms with van der Waals surface area (Å²) in [6.45, 7) is 6.63. The number of unbranched alkanes of at least 4 members (excludes halogenated alkanes) is 1. The van der Waals surface area contributed by atoms with Crippen LogP contribution in [0.1, 0.15) is 49.4 Å². The third-order valence-electron chi connectivity index (χ3n) is 5.70. The zero-order chi connectivity index (χ0) is 24.9. The summed E-state index contributed by atoms with van der Waals surface area (Å²) in [5.74, 6) is 1.11. The van der Waals surface area contributed by atoms with E-state index in [1.54, 1.807) is 11.8 Å². The number of benzene rings is 2. The number of hydrogen-bond donors (Lipinski definition) is 1. The first-order valence-corrected chi connectivity index (χ1v) is 12.2. The summed E-state index contributed by atoms with van der Waals surface area (Å²) in [6.07, 6.45) is 1.72. The van der Waals surface area contributed by atoms with Gasteiger partial charge in [-0.25, -0.2) is 4.79 Å². The van der Waals surface area contributed by atoms with E-state index in [1.165, 1.54) is 0 Å². The molecule has 1 atom stereocenters. The van der Waals surface area contributed by atoms with Crippen LogP contribution in [0.4, 0.5) is 5.95 Å². The van der Waals surface area contributed by atoms with Gasteiger partial charge >= 0.3 is 5.97 Å². The molecule has 1 aliphatic heterocycles. The topological polar surface area (TPSA) is 100 Å². The number of allylic oxidation sites excluding steroid dienone is 1. The summed E-state index contributed by atoms with van der Waals surface area (Å²) in [5.41, 5.74) is 4.02. The van der Waals surface area contributed by atoms with Gasteiger partial charge in [-0.2, -0.15) is 4.68 Å². The van der Waals surface area contributed by atoms with Gasteiger partial charge in [-0.15, -0.1) is 0 Å². The van der Waals surface area contributed by atoms with Gasteiger partial charge in [0.1, 0.15) is 12.6 Å². The van der Waals surface area contributed by atoms with Gasteiger partial charge in [-0.1, -0.05) is 48.3 Å². The van der Waals surface area contributed by atoms with Crippen LogP contribution in [-0.4, -0.2) is 39.9 Å². The van der Waals surface area contributed by atoms with Crippen LogP contribution >= 0.6 is 15.9 Å². The van der Waals surface area contributed by atoms with Gasteiger partial charge < -0.3 is 19.5 Å². The number of aryl methyl sites for hydroxylation is 1. The van der Waals surface area contributed by atoms with Crippen molar-refractivity contribution < 1.29 is 19.0 Å². The summed E-state index contributed by atoms with van der Waals surface area (Å²) < 4.78 is 19.6. The number of methoxy groups -OCH3 is 1. The molecule has 0 spiro atoms. The molecule has 10 heteroatoms. The van der Waals surface area contributed by atoms with Gasteiger partial charge in [-0.05, 0) is 69.9 Å². The Morgan fingerprint density at radius 3 is 2.80 bits per heavy atom. The second-order valence-electron chi connectivity index (χ2n) is 8.31. The maximum Gasteiger partial charge on any atom is 0.338 e. The van der Waals surface area contributed by atoms with Crippen molar-refractivity contribution >= 4 is 27.8 Å². The molecule has 0 aliphatic carbocycles. The summed E-state index contributed by atoms with van der Waals surface area (Å²) >= 11 is 3.63. The molecule has 1 aliphatic rings. The summed E-state index contributed by atoms with van der Waals surface area (Å²) in [5, 5.41) is 15.1. The molecule has 1 N–H and O–H groups in total. The fourth-order valence-electron chi connectivity index (χ4n) is 3.97. The zero-order valence-electron chi connectivity index (χ0n) is 20.2. The summed E-state index contributed by atoms with van der Waals surface area (Å²) in [4.78, 5) is 13.1. The summed E-state index contributed by atoms with van der Waals surface area (Å²) in [6, 6.07) is 11.3. The lowest BCUT2D eigenvalue weighted by molar-refractivity contribution is -0.139. The number of ether oxygens (including phenoxy) is 3. The highest BCUT2D eigenvalue weighted by molar-refractivity contribution is 9.10. The third-order valence-corrected chi connectivity index (χ3v) is 6.29. The second-order valence-corrected chi connectivity index (χ2v) is 9.17. The number of aromatic nitrogens is 4. The van der Waals surface area contributed by atoms with Gasteiger partial charge in [-0.3, -0.25) is 0 Å². The van der Waals surface area contributed by atoms with Crippen LogP contribution in [0, 0.1) is 6.92 Å². The van der Waals surface area contributed by atoms with Crippen molar-refractivity contribution in [3.8, 4) is 11.5 Å². The first-order valence-electron chi connectivity index (χ1n) is 11.4. The first-order chi connectivity index (χ1) is 16.9. The van der Waals surface area contributed by atoms with E-state index in [2.05, 4.69) is 42.8 Å². The molecule has 4 rings (SSSR count). The number of anilines is 1. The molecule has 35 heavy (non-hydrogen) atoms. The molecule has 9 nitrogen and oxygen atoms in total. The van der Waals surface area contributed by atoms with Crippen LogP contribution in [0.5, 0.6) is 11.5 Å². The maximum absolute atomic E-state index is 13.1. The number of fused-ring (bicyclic) bond motifs is 1. The van der Waals surface area contributed by atoms with Crippen molar-refractivity contribution in [2.24, 2.45) is 0 Å². The Morgan fingerprint density at radius 2 is 2.06 bits per heavy atom. The molecule has 2 heterocycles. The second kappa shape index (κ2) is 10.9. The molecule has 0 bridgehead atoms. The number of tetrazole rings is 1. The van der Waals surface area contributed by atoms with E-state index in [1.807, 2.05) is 51.1 Å². The van der Waals surface area contributed by atoms with E-state index in [4.69, 9.17) is 14.2 Å². The Labute approximate surface area is 212 Å². The number of esters is 1. The highest BCUT2D eigenvalue weighted by atomic mass is 79.9. The van der Waals surface area contributed by atoms with Gasteiger partial charge in [0.25, 0.3) is 0 Å². The lowest BCUT2D eigenvalue weighted by Crippen LogP contribution is -2.30. The van der Waals surface area contributed by atoms with E-state index in [0.29, 0.717) is 46.4 Å². The molecule has 0 radical (unpaired) electrons. The molecule has 0 amide bonds. The van der Waals surface area contributed by atoms with Crippen LogP contribution in [0.2, 0.25) is 0 Å². The van der Waals surface area contributed by atoms with Crippen molar-refractivity contribution in [2.75, 3.05) is 19.0 Å². The predicted molar refractivity (Wildman–Crippen MR) is 134 cm³/mol. The highest BCUT2D eigenvalue weighted by Gasteiger charge is 2.36. The molecule has 2 aromatic carbocycles. The Kier molecular flexibility index (Phi) is 7.70. The Morgan fingerprint density at radius 1 is 1.23 bits per heavy atom. The van der Waals surface area contributed by atoms with Crippen molar-refractivity contribution in [1.29, 1.82) is 0 Å². The average Bonchev–Trinajstić information content (AvgIpc) is 3.30. The SMILES string of the molecule is CCCCOC(=O)C1=C(C)Nc2nnnn2C1c1cc(Br)c(OCc2cccc(C)c2)c(OC)c1. The number of nitrogens with one attached hydrogen (secondary N) is 1. The molecule has 0 saturated heterocycles. The fourth-order valence-corrected chi connectivity index (χ4v) is 4.54. The van der Waals surface area contributed by atoms with Crippen LogP contribution in [0.3, 0.4) is 0 Å². The van der Waals surface area contributed by atoms with Crippen LogP contribution in [-0.2, 0) is 16.1 Å². The monoisotopic (exact) mass is 541 g/mol. The number of halogens is 1. The van der Waals surface area contributed by atoms with Gasteiger partial charge in [0.2, 0.25) is 5.95 Å². The van der Waals surface area contributed by atoms with Gasteiger partial charge in [0, 0.05) is 5.70 Å². The fraction of sp³-hybridized carbons (Fsp3) is 0.360. The molecule has 0 saturated carbocycles. The lowest BCUT2D eigenvalue weighted by Gasteiger charge is -2.28. The smallest absolute Gasteiger partial charge is 0.338 e. The lowest BCUT2D eigenvalue weighted by atomic mass is 9.95. The molecule has 1 aromatic heterocycles. The van der Waals surface area contributed by atoms with Gasteiger partial charge in [0.15, 0.2) is 11.5 Å². The van der Waals surface area contributed by atoms with E-state index >= 15 is 0 Å². The summed E-state index contributed by atoms with van der Waals surface area (Å²) in [7, 11) is 1.58. The minimum absolute atomic E-state index is 0.347. The Balaban J connectivity index is 1.70. The van der Waals surface area contributed by atoms with E-state index in [9.17, 15) is 4.79 Å². The molecule has 184 valence electrons. The van der Waals surface area contributed by atoms with E-state index in [-0.39, 0.29) is 0 Å². The normalized spacial score (nSPS) is 14.8. The molecule has 1 unspecified atom stereocenters. The Bertz CT molecular complexity index is 1260. The number of carbonyl (C=O) groups is 1. The molecule has 3 aromatic rings. The predicted octanol–water partition coefficient (Wildman–Crippen LogP) is 4.96. The minimum atomic E-state index is -0.605. The minimum Gasteiger partial charge on any atom is -0.493 e. The van der Waals surface area contributed by atoms with Crippen molar-refractivity contribution in [3.63, 3.8) is 0 Å². The van der Waals surface area contributed by atoms with Crippen molar-refractivity contribution in [2.45, 2.75) is 46.3 Å². The zero-order valence-corrected chi connectivity index (χ0v) is 21.8.